The molecule has 11 heteroatoms. The number of rotatable bonds is 8. The molecule has 0 bridgehead atoms. The van der Waals surface area contributed by atoms with Crippen LogP contribution in [0.3, 0.4) is 0 Å². The summed E-state index contributed by atoms with van der Waals surface area (Å²) in [4.78, 5) is 17.6. The number of hydrogen-bond donors (Lipinski definition) is 1. The second-order valence-electron chi connectivity index (χ2n) is 10.4. The summed E-state index contributed by atoms with van der Waals surface area (Å²) in [6, 6.07) is 4.35. The monoisotopic (exact) mass is 554 g/mol. The lowest BCUT2D eigenvalue weighted by Crippen LogP contribution is -2.55. The quantitative estimate of drug-likeness (QED) is 0.520. The van der Waals surface area contributed by atoms with Gasteiger partial charge in [-0.25, -0.2) is 8.42 Å². The van der Waals surface area contributed by atoms with Gasteiger partial charge in [0.25, 0.3) is 0 Å². The smallest absolute Gasteiger partial charge is 0.248 e. The summed E-state index contributed by atoms with van der Waals surface area (Å²) in [6.45, 7) is 10.8. The van der Waals surface area contributed by atoms with Crippen molar-refractivity contribution in [1.82, 2.24) is 19.4 Å². The van der Waals surface area contributed by atoms with Crippen LogP contribution in [-0.2, 0) is 19.6 Å². The predicted molar refractivity (Wildman–Crippen MR) is 147 cm³/mol. The number of thioether (sulfide) groups is 1. The Hall–Kier alpha value is -1.37. The van der Waals surface area contributed by atoms with Gasteiger partial charge in [0.15, 0.2) is 0 Å². The van der Waals surface area contributed by atoms with E-state index < -0.39 is 10.0 Å². The van der Waals surface area contributed by atoms with Gasteiger partial charge < -0.3 is 19.7 Å². The van der Waals surface area contributed by atoms with Crippen molar-refractivity contribution in [2.45, 2.75) is 56.6 Å². The van der Waals surface area contributed by atoms with Gasteiger partial charge in [-0.05, 0) is 63.4 Å². The van der Waals surface area contributed by atoms with Crippen molar-refractivity contribution in [2.75, 3.05) is 71.1 Å². The van der Waals surface area contributed by atoms with Crippen LogP contribution in [0.15, 0.2) is 17.0 Å². The molecule has 0 radical (unpaired) electrons. The van der Waals surface area contributed by atoms with E-state index in [9.17, 15) is 13.2 Å². The van der Waals surface area contributed by atoms with Crippen molar-refractivity contribution < 1.29 is 22.7 Å². The first kappa shape index (κ1) is 28.6. The number of nitrogens with zero attached hydrogens (tertiary/aromatic N) is 3. The molecule has 3 fully saturated rings. The van der Waals surface area contributed by atoms with Gasteiger partial charge in [0, 0.05) is 56.3 Å². The maximum atomic E-state index is 13.7. The SMILES string of the molecule is COc1cc(C)c(S(=O)(=O)N2CCSCC2COCC(=O)N2CCN(C3CCNC(C)C3)CC2)c(C)c1. The average Bonchev–Trinajstić information content (AvgIpc) is 2.88. The highest BCUT2D eigenvalue weighted by molar-refractivity contribution is 7.99. The Morgan fingerprint density at radius 3 is 2.49 bits per heavy atom. The zero-order chi connectivity index (χ0) is 26.6. The number of piperazine rings is 1. The van der Waals surface area contributed by atoms with Crippen LogP contribution < -0.4 is 10.1 Å². The van der Waals surface area contributed by atoms with E-state index in [0.29, 0.717) is 46.2 Å². The van der Waals surface area contributed by atoms with E-state index in [-0.39, 0.29) is 25.2 Å². The second kappa shape index (κ2) is 12.7. The molecular weight excluding hydrogens is 512 g/mol. The van der Waals surface area contributed by atoms with Gasteiger partial charge in [-0.1, -0.05) is 0 Å². The number of piperidine rings is 1. The largest absolute Gasteiger partial charge is 0.497 e. The van der Waals surface area contributed by atoms with Gasteiger partial charge in [-0.3, -0.25) is 9.69 Å². The Labute approximate surface area is 226 Å². The number of hydrogen-bond acceptors (Lipinski definition) is 8. The number of nitrogens with one attached hydrogen (secondary N) is 1. The van der Waals surface area contributed by atoms with E-state index in [2.05, 4.69) is 17.1 Å². The second-order valence-corrected chi connectivity index (χ2v) is 13.4. The molecule has 1 aromatic rings. The number of aryl methyl sites for hydroxylation is 2. The van der Waals surface area contributed by atoms with Crippen molar-refractivity contribution in [1.29, 1.82) is 0 Å². The molecule has 0 spiro atoms. The molecular formula is C26H42N4O5S2. The van der Waals surface area contributed by atoms with E-state index in [1.165, 1.54) is 0 Å². The van der Waals surface area contributed by atoms with Gasteiger partial charge in [-0.2, -0.15) is 16.1 Å². The maximum Gasteiger partial charge on any atom is 0.248 e. The van der Waals surface area contributed by atoms with Crippen LogP contribution in [-0.4, -0.2) is 118 Å². The first-order valence-corrected chi connectivity index (χ1v) is 15.9. The van der Waals surface area contributed by atoms with Crippen molar-refractivity contribution in [3.8, 4) is 5.75 Å². The fourth-order valence-corrected chi connectivity index (χ4v) is 9.06. The highest BCUT2D eigenvalue weighted by Gasteiger charge is 2.36. The number of amides is 1. The topological polar surface area (TPSA) is 91.4 Å². The molecule has 3 aliphatic rings. The van der Waals surface area contributed by atoms with Crippen LogP contribution in [0.5, 0.6) is 5.75 Å². The van der Waals surface area contributed by atoms with Gasteiger partial charge >= 0.3 is 0 Å². The molecule has 1 N–H and O–H groups in total. The summed E-state index contributed by atoms with van der Waals surface area (Å²) < 4.78 is 40.1. The summed E-state index contributed by atoms with van der Waals surface area (Å²) in [5.74, 6) is 2.02. The highest BCUT2D eigenvalue weighted by Crippen LogP contribution is 2.31. The maximum absolute atomic E-state index is 13.7. The summed E-state index contributed by atoms with van der Waals surface area (Å²) in [5.41, 5.74) is 1.34. The molecule has 37 heavy (non-hydrogen) atoms. The van der Waals surface area contributed by atoms with Crippen LogP contribution in [0.1, 0.15) is 30.9 Å². The summed E-state index contributed by atoms with van der Waals surface area (Å²) in [7, 11) is -2.13. The molecule has 0 saturated carbocycles. The Kier molecular flexibility index (Phi) is 9.79. The van der Waals surface area contributed by atoms with E-state index in [0.717, 1.165) is 51.3 Å². The zero-order valence-electron chi connectivity index (χ0n) is 22.6. The molecule has 3 heterocycles. The number of benzene rings is 1. The minimum Gasteiger partial charge on any atom is -0.497 e. The Morgan fingerprint density at radius 2 is 1.84 bits per heavy atom. The Balaban J connectivity index is 1.30. The van der Waals surface area contributed by atoms with Gasteiger partial charge in [0.05, 0.1) is 24.7 Å². The van der Waals surface area contributed by atoms with Gasteiger partial charge in [-0.15, -0.1) is 0 Å². The summed E-state index contributed by atoms with van der Waals surface area (Å²) in [6.07, 6.45) is 2.32. The molecule has 0 aliphatic carbocycles. The van der Waals surface area contributed by atoms with Crippen molar-refractivity contribution in [3.63, 3.8) is 0 Å². The third-order valence-corrected chi connectivity index (χ3v) is 11.1. The minimum absolute atomic E-state index is 0.0139. The average molecular weight is 555 g/mol. The summed E-state index contributed by atoms with van der Waals surface area (Å²) in [5, 5.41) is 3.50. The molecule has 1 aromatic carbocycles. The van der Waals surface area contributed by atoms with Gasteiger partial charge in [0.2, 0.25) is 15.9 Å². The van der Waals surface area contributed by atoms with Crippen molar-refractivity contribution in [3.05, 3.63) is 23.3 Å². The standard InChI is InChI=1S/C26H42N4O5S2/c1-19-13-24(34-4)14-20(2)26(19)37(32,33)30-11-12-36-18-23(30)16-35-17-25(31)29-9-7-28(8-10-29)22-5-6-27-21(3)15-22/h13-14,21-23,27H,5-12,15-18H2,1-4H3. The fourth-order valence-electron chi connectivity index (χ4n) is 5.79. The van der Waals surface area contributed by atoms with E-state index in [4.69, 9.17) is 9.47 Å². The molecule has 3 aliphatic heterocycles. The molecule has 3 atom stereocenters. The number of carbonyl (C=O) groups excluding carboxylic acids is 1. The van der Waals surface area contributed by atoms with Crippen LogP contribution in [0.2, 0.25) is 0 Å². The molecule has 9 nitrogen and oxygen atoms in total. The predicted octanol–water partition coefficient (Wildman–Crippen LogP) is 1.72. The zero-order valence-corrected chi connectivity index (χ0v) is 24.2. The van der Waals surface area contributed by atoms with Crippen LogP contribution in [0.4, 0.5) is 0 Å². The first-order valence-electron chi connectivity index (χ1n) is 13.3. The number of methoxy groups -OCH3 is 1. The minimum atomic E-state index is -3.71. The van der Waals surface area contributed by atoms with E-state index >= 15 is 0 Å². The van der Waals surface area contributed by atoms with Crippen LogP contribution in [0.25, 0.3) is 0 Å². The van der Waals surface area contributed by atoms with Crippen LogP contribution in [0, 0.1) is 13.8 Å². The number of ether oxygens (including phenoxy) is 2. The lowest BCUT2D eigenvalue weighted by Gasteiger charge is -2.42. The van der Waals surface area contributed by atoms with Gasteiger partial charge in [0.1, 0.15) is 12.4 Å². The third kappa shape index (κ3) is 6.80. The highest BCUT2D eigenvalue weighted by atomic mass is 32.2. The lowest BCUT2D eigenvalue weighted by molar-refractivity contribution is -0.138. The molecule has 3 saturated heterocycles. The molecule has 3 unspecified atom stereocenters. The fraction of sp³-hybridized carbons (Fsp3) is 0.731. The molecule has 4 rings (SSSR count). The van der Waals surface area contributed by atoms with Crippen molar-refractivity contribution in [2.24, 2.45) is 0 Å². The third-order valence-electron chi connectivity index (χ3n) is 7.72. The number of sulfonamides is 1. The Bertz CT molecular complexity index is 1020. The number of carbonyl (C=O) groups is 1. The molecule has 1 amide bonds. The first-order chi connectivity index (χ1) is 17.7. The molecule has 208 valence electrons. The van der Waals surface area contributed by atoms with Crippen LogP contribution >= 0.6 is 11.8 Å². The van der Waals surface area contributed by atoms with E-state index in [1.54, 1.807) is 49.2 Å². The molecule has 0 aromatic heterocycles. The van der Waals surface area contributed by atoms with Crippen molar-refractivity contribution >= 4 is 27.7 Å². The summed E-state index contributed by atoms with van der Waals surface area (Å²) >= 11 is 1.72. The normalized spacial score (nSPS) is 26.3. The Morgan fingerprint density at radius 1 is 1.14 bits per heavy atom. The van der Waals surface area contributed by atoms with E-state index in [1.807, 2.05) is 4.90 Å². The lowest BCUT2D eigenvalue weighted by atomic mass is 9.98.